The fourth-order valence-electron chi connectivity index (χ4n) is 4.21. The minimum absolute atomic E-state index is 0.142. The Morgan fingerprint density at radius 3 is 2.42 bits per heavy atom. The van der Waals surface area contributed by atoms with Crippen LogP contribution in [0.2, 0.25) is 0 Å². The van der Waals surface area contributed by atoms with E-state index in [4.69, 9.17) is 10.5 Å². The second kappa shape index (κ2) is 11.3. The third kappa shape index (κ3) is 6.24. The zero-order valence-corrected chi connectivity index (χ0v) is 20.4. The smallest absolute Gasteiger partial charge is 0.408 e. The molecule has 3 N–H and O–H groups in total. The van der Waals surface area contributed by atoms with Crippen molar-refractivity contribution in [3.05, 3.63) is 77.7 Å². The number of nitrogens with one attached hydrogen (secondary N) is 1. The number of para-hydroxylation sites is 2. The molecular weight excluding hydrogens is 461 g/mol. The number of carbonyl (C=O) groups excluding carboxylic acids is 2. The van der Waals surface area contributed by atoms with Gasteiger partial charge in [-0.3, -0.25) is 19.6 Å². The Morgan fingerprint density at radius 1 is 1.08 bits per heavy atom. The van der Waals surface area contributed by atoms with Crippen LogP contribution in [0.25, 0.3) is 11.3 Å². The van der Waals surface area contributed by atoms with Crippen molar-refractivity contribution in [2.75, 3.05) is 31.5 Å². The van der Waals surface area contributed by atoms with Gasteiger partial charge in [0, 0.05) is 56.1 Å². The van der Waals surface area contributed by atoms with Gasteiger partial charge in [0.25, 0.3) is 5.91 Å². The first-order chi connectivity index (χ1) is 17.3. The molecule has 0 atom stereocenters. The third-order valence-electron chi connectivity index (χ3n) is 6.21. The van der Waals surface area contributed by atoms with Gasteiger partial charge >= 0.3 is 6.09 Å². The molecular formula is C27H30FN5O3. The van der Waals surface area contributed by atoms with Gasteiger partial charge in [0.15, 0.2) is 5.75 Å². The molecule has 2 heterocycles. The topological polar surface area (TPSA) is 101 Å². The normalized spacial score (nSPS) is 14.6. The number of pyridine rings is 1. The van der Waals surface area contributed by atoms with E-state index < -0.39 is 17.8 Å². The van der Waals surface area contributed by atoms with Crippen LogP contribution in [0, 0.1) is 5.82 Å². The number of nitrogens with two attached hydrogens (primary N) is 1. The van der Waals surface area contributed by atoms with Crippen molar-refractivity contribution < 1.29 is 18.7 Å². The summed E-state index contributed by atoms with van der Waals surface area (Å²) in [5.74, 6) is -0.672. The molecule has 2 aromatic carbocycles. The highest BCUT2D eigenvalue weighted by Gasteiger charge is 2.19. The molecule has 0 saturated carbocycles. The second-order valence-electron chi connectivity index (χ2n) is 9.03. The van der Waals surface area contributed by atoms with Gasteiger partial charge in [0.2, 0.25) is 0 Å². The average Bonchev–Trinajstić information content (AvgIpc) is 2.85. The molecule has 0 unspecified atom stereocenters. The maximum absolute atomic E-state index is 14.9. The van der Waals surface area contributed by atoms with Crippen molar-refractivity contribution in [3.8, 4) is 17.0 Å². The lowest BCUT2D eigenvalue weighted by molar-refractivity contribution is 0.102. The van der Waals surface area contributed by atoms with E-state index in [2.05, 4.69) is 33.9 Å². The van der Waals surface area contributed by atoms with Crippen LogP contribution in [0.1, 0.15) is 29.8 Å². The van der Waals surface area contributed by atoms with E-state index in [0.717, 1.165) is 31.7 Å². The van der Waals surface area contributed by atoms with Crippen molar-refractivity contribution in [2.24, 2.45) is 5.73 Å². The van der Waals surface area contributed by atoms with Crippen molar-refractivity contribution in [1.82, 2.24) is 14.8 Å². The van der Waals surface area contributed by atoms with E-state index in [1.807, 2.05) is 0 Å². The van der Waals surface area contributed by atoms with Crippen LogP contribution in [0.15, 0.2) is 60.8 Å². The van der Waals surface area contributed by atoms with Gasteiger partial charge in [-0.1, -0.05) is 24.3 Å². The van der Waals surface area contributed by atoms with E-state index in [-0.39, 0.29) is 11.4 Å². The fourth-order valence-corrected chi connectivity index (χ4v) is 4.21. The number of anilines is 1. The highest BCUT2D eigenvalue weighted by Crippen LogP contribution is 2.26. The Bertz CT molecular complexity index is 1220. The van der Waals surface area contributed by atoms with Crippen LogP contribution >= 0.6 is 0 Å². The average molecular weight is 492 g/mol. The zero-order valence-electron chi connectivity index (χ0n) is 20.4. The molecule has 36 heavy (non-hydrogen) atoms. The van der Waals surface area contributed by atoms with Crippen LogP contribution < -0.4 is 15.8 Å². The number of halogens is 1. The number of ether oxygens (including phenoxy) is 1. The molecule has 1 aliphatic rings. The van der Waals surface area contributed by atoms with Crippen molar-refractivity contribution in [1.29, 1.82) is 0 Å². The minimum Gasteiger partial charge on any atom is -0.408 e. The highest BCUT2D eigenvalue weighted by molar-refractivity contribution is 6.05. The van der Waals surface area contributed by atoms with Gasteiger partial charge in [-0.25, -0.2) is 9.18 Å². The van der Waals surface area contributed by atoms with E-state index in [1.54, 1.807) is 48.7 Å². The first-order valence-electron chi connectivity index (χ1n) is 11.9. The molecule has 9 heteroatoms. The number of benzene rings is 2. The minimum atomic E-state index is -0.977. The Balaban J connectivity index is 1.40. The number of carbonyl (C=O) groups is 2. The fraction of sp³-hybridized carbons (Fsp3) is 0.296. The number of rotatable bonds is 7. The lowest BCUT2D eigenvalue weighted by Crippen LogP contribution is -2.48. The molecule has 4 rings (SSSR count). The number of piperazine rings is 1. The Kier molecular flexibility index (Phi) is 7.92. The second-order valence-corrected chi connectivity index (χ2v) is 9.03. The van der Waals surface area contributed by atoms with Crippen molar-refractivity contribution in [3.63, 3.8) is 0 Å². The summed E-state index contributed by atoms with van der Waals surface area (Å²) in [4.78, 5) is 32.9. The lowest BCUT2D eigenvalue weighted by Gasteiger charge is -2.36. The van der Waals surface area contributed by atoms with Crippen molar-refractivity contribution >= 4 is 17.7 Å². The van der Waals surface area contributed by atoms with Crippen LogP contribution in [-0.4, -0.2) is 59.0 Å². The monoisotopic (exact) mass is 491 g/mol. The van der Waals surface area contributed by atoms with E-state index in [0.29, 0.717) is 29.4 Å². The summed E-state index contributed by atoms with van der Waals surface area (Å²) in [6.07, 6.45) is 0.735. The number of aromatic nitrogens is 1. The summed E-state index contributed by atoms with van der Waals surface area (Å²) in [5, 5.41) is 2.69. The number of hydrogen-bond acceptors (Lipinski definition) is 6. The molecule has 1 saturated heterocycles. The van der Waals surface area contributed by atoms with Crippen LogP contribution in [0.5, 0.6) is 5.75 Å². The molecule has 3 aromatic rings. The molecule has 8 nitrogen and oxygen atoms in total. The summed E-state index contributed by atoms with van der Waals surface area (Å²) < 4.78 is 19.8. The Labute approximate surface area is 209 Å². The quantitative estimate of drug-likeness (QED) is 0.516. The van der Waals surface area contributed by atoms with E-state index in [9.17, 15) is 14.0 Å². The molecule has 0 bridgehead atoms. The van der Waals surface area contributed by atoms with Gasteiger partial charge in [-0.15, -0.1) is 0 Å². The largest absolute Gasteiger partial charge is 0.410 e. The third-order valence-corrected chi connectivity index (χ3v) is 6.21. The summed E-state index contributed by atoms with van der Waals surface area (Å²) in [7, 11) is 0. The van der Waals surface area contributed by atoms with E-state index >= 15 is 0 Å². The maximum Gasteiger partial charge on any atom is 0.410 e. The SMILES string of the molecule is CC(C)N1CCN(Cc2cnc(-c3ccc(C(=O)Nc4ccccc4OC(N)=O)cc3)c(F)c2)CC1. The Hall–Kier alpha value is -3.82. The number of primary amides is 1. The molecule has 1 fully saturated rings. The summed E-state index contributed by atoms with van der Waals surface area (Å²) in [6, 6.07) is 15.0. The molecule has 0 spiro atoms. The number of nitrogens with zero attached hydrogens (tertiary/aromatic N) is 3. The van der Waals surface area contributed by atoms with Gasteiger partial charge in [-0.05, 0) is 49.7 Å². The van der Waals surface area contributed by atoms with Crippen LogP contribution in [0.3, 0.4) is 0 Å². The van der Waals surface area contributed by atoms with Crippen LogP contribution in [0.4, 0.5) is 14.9 Å². The molecule has 1 aromatic heterocycles. The molecule has 0 aliphatic carbocycles. The molecule has 0 radical (unpaired) electrons. The molecule has 1 aliphatic heterocycles. The highest BCUT2D eigenvalue weighted by atomic mass is 19.1. The van der Waals surface area contributed by atoms with E-state index in [1.165, 1.54) is 12.1 Å². The standard InChI is InChI=1S/C27H30FN5O3/c1-18(2)33-13-11-32(12-14-33)17-19-15-22(28)25(30-16-19)20-7-9-21(10-8-20)26(34)31-23-5-3-4-6-24(23)36-27(29)35/h3-10,15-16,18H,11-14,17H2,1-2H3,(H2,29,35)(H,31,34). The number of hydrogen-bond donors (Lipinski definition) is 2. The summed E-state index contributed by atoms with van der Waals surface area (Å²) >= 11 is 0. The summed E-state index contributed by atoms with van der Waals surface area (Å²) in [6.45, 7) is 8.98. The first-order valence-corrected chi connectivity index (χ1v) is 11.9. The van der Waals surface area contributed by atoms with Gasteiger partial charge in [0.1, 0.15) is 11.5 Å². The first kappa shape index (κ1) is 25.3. The molecule has 2 amide bonds. The predicted octanol–water partition coefficient (Wildman–Crippen LogP) is 4.12. The van der Waals surface area contributed by atoms with Crippen molar-refractivity contribution in [2.45, 2.75) is 26.4 Å². The van der Waals surface area contributed by atoms with Gasteiger partial charge < -0.3 is 15.8 Å². The van der Waals surface area contributed by atoms with Gasteiger partial charge in [-0.2, -0.15) is 0 Å². The number of amides is 2. The Morgan fingerprint density at radius 2 is 1.78 bits per heavy atom. The zero-order chi connectivity index (χ0) is 25.7. The van der Waals surface area contributed by atoms with Crippen LogP contribution in [-0.2, 0) is 6.54 Å². The maximum atomic E-state index is 14.9. The lowest BCUT2D eigenvalue weighted by atomic mass is 10.1. The predicted molar refractivity (Wildman–Crippen MR) is 136 cm³/mol. The van der Waals surface area contributed by atoms with Gasteiger partial charge in [0.05, 0.1) is 5.69 Å². The summed E-state index contributed by atoms with van der Waals surface area (Å²) in [5.41, 5.74) is 7.37. The molecule has 188 valence electrons.